The van der Waals surface area contributed by atoms with Gasteiger partial charge in [0.15, 0.2) is 12.3 Å². The molecule has 6 N–H and O–H groups in total. The summed E-state index contributed by atoms with van der Waals surface area (Å²) in [5.74, 6) is -2.56. The number of rotatable bonds is 12. The van der Waals surface area contributed by atoms with Crippen molar-refractivity contribution in [2.24, 2.45) is 11.3 Å². The van der Waals surface area contributed by atoms with Gasteiger partial charge in [0.25, 0.3) is 5.91 Å². The Morgan fingerprint density at radius 3 is 2.39 bits per heavy atom. The van der Waals surface area contributed by atoms with Crippen molar-refractivity contribution in [1.82, 2.24) is 5.32 Å². The number of aliphatic hydroxyl groups is 3. The van der Waals surface area contributed by atoms with E-state index in [9.17, 15) is 35.1 Å². The topological polar surface area (TPSA) is 184 Å². The van der Waals surface area contributed by atoms with Gasteiger partial charge >= 0.3 is 5.97 Å². The van der Waals surface area contributed by atoms with Crippen molar-refractivity contribution in [3.8, 4) is 11.5 Å². The summed E-state index contributed by atoms with van der Waals surface area (Å²) in [6.07, 6.45) is -6.91. The average molecular weight is 646 g/mol. The molecule has 12 nitrogen and oxygen atoms in total. The molecule has 0 saturated carbocycles. The van der Waals surface area contributed by atoms with Crippen LogP contribution in [0.15, 0.2) is 36.4 Å². The molecule has 0 unspecified atom stereocenters. The fraction of sp³-hybridized carbons (Fsp3) is 0.588. The molecule has 2 aliphatic rings. The summed E-state index contributed by atoms with van der Waals surface area (Å²) < 4.78 is 23.0. The van der Waals surface area contributed by atoms with Crippen molar-refractivity contribution in [3.05, 3.63) is 58.7 Å². The normalized spacial score (nSPS) is 25.8. The van der Waals surface area contributed by atoms with Gasteiger partial charge in [-0.25, -0.2) is 4.79 Å². The highest BCUT2D eigenvalue weighted by Gasteiger charge is 2.48. The number of aliphatic hydroxyl groups excluding tert-OH is 3. The highest BCUT2D eigenvalue weighted by molar-refractivity contribution is 5.96. The van der Waals surface area contributed by atoms with E-state index in [4.69, 9.17) is 18.9 Å². The SMILES string of the molecule is CO[C@@H](Cc1ccccc1)[C@H](O)C(=O)N[C@@H](OC)[C@H]1C[C@@H](O)C(C)(C)[C@@H](C[C@H](O)[C@@H](C)[C@H]2Cc3c(C)c(O)cc(O)c3C(=O)O2)O1. The average Bonchev–Trinajstić information content (AvgIpc) is 3.02. The van der Waals surface area contributed by atoms with Crippen LogP contribution in [0.1, 0.15) is 60.7 Å². The van der Waals surface area contributed by atoms with Gasteiger partial charge < -0.3 is 49.8 Å². The molecule has 2 aliphatic heterocycles. The van der Waals surface area contributed by atoms with E-state index in [1.165, 1.54) is 14.2 Å². The Kier molecular flexibility index (Phi) is 11.3. The number of benzene rings is 2. The third kappa shape index (κ3) is 7.48. The predicted molar refractivity (Wildman–Crippen MR) is 166 cm³/mol. The van der Waals surface area contributed by atoms with Crippen molar-refractivity contribution in [2.45, 2.75) is 102 Å². The lowest BCUT2D eigenvalue weighted by Gasteiger charge is -2.48. The molecule has 254 valence electrons. The summed E-state index contributed by atoms with van der Waals surface area (Å²) in [6, 6.07) is 10.4. The first-order valence-electron chi connectivity index (χ1n) is 15.5. The third-order valence-corrected chi connectivity index (χ3v) is 9.75. The summed E-state index contributed by atoms with van der Waals surface area (Å²) in [5, 5.41) is 56.4. The Morgan fingerprint density at radius 1 is 1.09 bits per heavy atom. The molecule has 9 atom stereocenters. The lowest BCUT2D eigenvalue weighted by atomic mass is 9.73. The Balaban J connectivity index is 1.43. The molecule has 2 aromatic rings. The number of ether oxygens (including phenoxy) is 4. The first-order valence-corrected chi connectivity index (χ1v) is 15.5. The second-order valence-electron chi connectivity index (χ2n) is 13.0. The molecule has 12 heteroatoms. The van der Waals surface area contributed by atoms with Gasteiger partial charge in [-0.05, 0) is 23.6 Å². The first kappa shape index (κ1) is 35.6. The van der Waals surface area contributed by atoms with Crippen LogP contribution in [-0.4, -0.2) is 101 Å². The lowest BCUT2D eigenvalue weighted by Crippen LogP contribution is -2.59. The van der Waals surface area contributed by atoms with Crippen LogP contribution in [0.2, 0.25) is 0 Å². The molecule has 0 radical (unpaired) electrons. The summed E-state index contributed by atoms with van der Waals surface area (Å²) in [6.45, 7) is 7.01. The molecule has 1 fully saturated rings. The number of amides is 1. The zero-order chi connectivity index (χ0) is 33.9. The number of phenols is 2. The Labute approximate surface area is 269 Å². The number of hydrogen-bond acceptors (Lipinski definition) is 11. The van der Waals surface area contributed by atoms with E-state index in [2.05, 4.69) is 5.32 Å². The number of nitrogens with one attached hydrogen (secondary N) is 1. The molecule has 0 spiro atoms. The van der Waals surface area contributed by atoms with Gasteiger partial charge in [0.05, 0.1) is 24.4 Å². The Hall–Kier alpha value is -3.26. The van der Waals surface area contributed by atoms with E-state index in [0.29, 0.717) is 17.5 Å². The fourth-order valence-electron chi connectivity index (χ4n) is 6.31. The zero-order valence-corrected chi connectivity index (χ0v) is 27.2. The van der Waals surface area contributed by atoms with Crippen LogP contribution in [0, 0.1) is 18.3 Å². The van der Waals surface area contributed by atoms with Crippen LogP contribution in [0.3, 0.4) is 0 Å². The van der Waals surface area contributed by atoms with Crippen LogP contribution in [0.5, 0.6) is 11.5 Å². The molecular weight excluding hydrogens is 598 g/mol. The minimum Gasteiger partial charge on any atom is -0.508 e. The van der Waals surface area contributed by atoms with Crippen molar-refractivity contribution in [1.29, 1.82) is 0 Å². The maximum atomic E-state index is 13.1. The predicted octanol–water partition coefficient (Wildman–Crippen LogP) is 2.13. The number of fused-ring (bicyclic) bond motifs is 1. The molecule has 1 saturated heterocycles. The van der Waals surface area contributed by atoms with Crippen molar-refractivity contribution < 1.29 is 54.1 Å². The summed E-state index contributed by atoms with van der Waals surface area (Å²) in [4.78, 5) is 25.9. The second-order valence-corrected chi connectivity index (χ2v) is 13.0. The van der Waals surface area contributed by atoms with Gasteiger partial charge in [-0.3, -0.25) is 4.79 Å². The van der Waals surface area contributed by atoms with Gasteiger partial charge in [-0.2, -0.15) is 0 Å². The van der Waals surface area contributed by atoms with E-state index in [0.717, 1.165) is 11.6 Å². The summed E-state index contributed by atoms with van der Waals surface area (Å²) in [7, 11) is 2.79. The van der Waals surface area contributed by atoms with Crippen molar-refractivity contribution in [3.63, 3.8) is 0 Å². The highest BCUT2D eigenvalue weighted by atomic mass is 16.6. The quantitative estimate of drug-likeness (QED) is 0.147. The van der Waals surface area contributed by atoms with Crippen molar-refractivity contribution >= 4 is 11.9 Å². The summed E-state index contributed by atoms with van der Waals surface area (Å²) >= 11 is 0. The number of methoxy groups -OCH3 is 2. The van der Waals surface area contributed by atoms with E-state index in [-0.39, 0.29) is 36.3 Å². The molecule has 4 rings (SSSR count). The number of esters is 1. The van der Waals surface area contributed by atoms with E-state index in [1.807, 2.05) is 44.2 Å². The minimum absolute atomic E-state index is 0.00519. The molecule has 0 aromatic heterocycles. The van der Waals surface area contributed by atoms with Crippen LogP contribution >= 0.6 is 0 Å². The number of carbonyl (C=O) groups excluding carboxylic acids is 2. The highest BCUT2D eigenvalue weighted by Crippen LogP contribution is 2.42. The van der Waals surface area contributed by atoms with E-state index < -0.39 is 72.2 Å². The van der Waals surface area contributed by atoms with Gasteiger partial charge in [0, 0.05) is 57.3 Å². The Morgan fingerprint density at radius 2 is 1.76 bits per heavy atom. The Bertz CT molecular complexity index is 1370. The molecule has 0 aliphatic carbocycles. The second kappa shape index (κ2) is 14.7. The fourth-order valence-corrected chi connectivity index (χ4v) is 6.31. The van der Waals surface area contributed by atoms with Gasteiger partial charge in [-0.1, -0.05) is 51.1 Å². The third-order valence-electron chi connectivity index (χ3n) is 9.75. The smallest absolute Gasteiger partial charge is 0.342 e. The molecule has 0 bridgehead atoms. The maximum absolute atomic E-state index is 13.1. The van der Waals surface area contributed by atoms with Gasteiger partial charge in [-0.15, -0.1) is 0 Å². The van der Waals surface area contributed by atoms with Crippen LogP contribution in [-0.2, 0) is 36.6 Å². The molecule has 2 heterocycles. The van der Waals surface area contributed by atoms with E-state index in [1.54, 1.807) is 13.8 Å². The monoisotopic (exact) mass is 645 g/mol. The molecule has 46 heavy (non-hydrogen) atoms. The largest absolute Gasteiger partial charge is 0.508 e. The van der Waals surface area contributed by atoms with Gasteiger partial charge in [0.1, 0.15) is 29.3 Å². The molecule has 1 amide bonds. The zero-order valence-electron chi connectivity index (χ0n) is 27.2. The number of hydrogen-bond donors (Lipinski definition) is 6. The van der Waals surface area contributed by atoms with E-state index >= 15 is 0 Å². The minimum atomic E-state index is -1.51. The van der Waals surface area contributed by atoms with Crippen LogP contribution in [0.25, 0.3) is 0 Å². The number of cyclic esters (lactones) is 1. The molecular formula is C34H47NO11. The summed E-state index contributed by atoms with van der Waals surface area (Å²) in [5.41, 5.74) is 1.00. The number of carbonyl (C=O) groups is 2. The standard InChI is InChI=1S/C34H47NO11/c1-17-20-13-24(46-33(42)29(20)23(38)14-21(17)36)18(2)22(37)15-28-34(3,4)27(39)16-26(45-28)32(44-6)35-31(41)30(40)25(43-5)12-19-10-8-7-9-11-19/h7-11,14,18,22,24-28,30,32,36-40H,12-13,15-16H2,1-6H3,(H,35,41)/t18-,22+,24-,25+,26-,27-,28-,30+,32+/m1/s1. The maximum Gasteiger partial charge on any atom is 0.342 e. The molecule has 2 aromatic carbocycles. The van der Waals surface area contributed by atoms with Crippen molar-refractivity contribution in [2.75, 3.05) is 14.2 Å². The first-order chi connectivity index (χ1) is 21.7. The number of phenolic OH excluding ortho intramolecular Hbond substituents is 2. The lowest BCUT2D eigenvalue weighted by molar-refractivity contribution is -0.217. The van der Waals surface area contributed by atoms with Gasteiger partial charge in [0.2, 0.25) is 0 Å². The van der Waals surface area contributed by atoms with Crippen LogP contribution < -0.4 is 5.32 Å². The number of aromatic hydroxyl groups is 2. The van der Waals surface area contributed by atoms with Crippen LogP contribution in [0.4, 0.5) is 0 Å².